The van der Waals surface area contributed by atoms with Gasteiger partial charge in [-0.05, 0) is 30.3 Å². The molecule has 2 aromatic rings. The van der Waals surface area contributed by atoms with Crippen LogP contribution in [0.25, 0.3) is 0 Å². The van der Waals surface area contributed by atoms with Crippen molar-refractivity contribution in [3.8, 4) is 5.75 Å². The summed E-state index contributed by atoms with van der Waals surface area (Å²) in [6.07, 6.45) is -7.85. The van der Waals surface area contributed by atoms with Crippen LogP contribution in [0.3, 0.4) is 0 Å². The van der Waals surface area contributed by atoms with E-state index in [9.17, 15) is 30.0 Å². The molecular formula is C21H23NO9. The number of carbonyl (C=O) groups excluding carboxylic acids is 2. The molecule has 1 heterocycles. The number of hydrogen-bond donors (Lipinski definition) is 5. The van der Waals surface area contributed by atoms with Gasteiger partial charge in [0.25, 0.3) is 5.91 Å². The number of carbonyl (C=O) groups is 2. The largest absolute Gasteiger partial charge is 0.495 e. The normalized spacial score (nSPS) is 25.5. The van der Waals surface area contributed by atoms with Gasteiger partial charge in [0.1, 0.15) is 36.8 Å². The molecule has 166 valence electrons. The number of rotatable bonds is 6. The first-order valence-electron chi connectivity index (χ1n) is 9.41. The molecule has 31 heavy (non-hydrogen) atoms. The smallest absolute Gasteiger partial charge is 0.338 e. The van der Waals surface area contributed by atoms with E-state index in [-0.39, 0.29) is 17.2 Å². The molecule has 0 bridgehead atoms. The molecule has 1 fully saturated rings. The summed E-state index contributed by atoms with van der Waals surface area (Å²) in [5.74, 6) is -0.913. The summed E-state index contributed by atoms with van der Waals surface area (Å²) in [4.78, 5) is 24.7. The van der Waals surface area contributed by atoms with Crippen molar-refractivity contribution >= 4 is 17.6 Å². The van der Waals surface area contributed by atoms with Gasteiger partial charge in [-0.1, -0.05) is 18.2 Å². The maximum Gasteiger partial charge on any atom is 0.338 e. The van der Waals surface area contributed by atoms with Crippen LogP contribution in [0.5, 0.6) is 5.75 Å². The Balaban J connectivity index is 1.65. The number of aliphatic hydroxyl groups excluding tert-OH is 4. The minimum Gasteiger partial charge on any atom is -0.495 e. The van der Waals surface area contributed by atoms with Crippen LogP contribution in [0.15, 0.2) is 48.5 Å². The van der Waals surface area contributed by atoms with Crippen LogP contribution in [0.4, 0.5) is 5.69 Å². The number of amides is 1. The van der Waals surface area contributed by atoms with Gasteiger partial charge < -0.3 is 40.0 Å². The van der Waals surface area contributed by atoms with Gasteiger partial charge in [0.05, 0.1) is 18.4 Å². The first kappa shape index (κ1) is 22.7. The van der Waals surface area contributed by atoms with Crippen LogP contribution in [-0.2, 0) is 9.47 Å². The molecule has 0 radical (unpaired) electrons. The Labute approximate surface area is 177 Å². The van der Waals surface area contributed by atoms with Gasteiger partial charge >= 0.3 is 5.97 Å². The number of benzene rings is 2. The second-order valence-electron chi connectivity index (χ2n) is 6.87. The van der Waals surface area contributed by atoms with Crippen LogP contribution < -0.4 is 10.1 Å². The third kappa shape index (κ3) is 5.19. The van der Waals surface area contributed by atoms with Gasteiger partial charge in [0, 0.05) is 5.56 Å². The number of esters is 1. The Hall–Kier alpha value is -3.02. The first-order chi connectivity index (χ1) is 14.8. The highest BCUT2D eigenvalue weighted by Crippen LogP contribution is 2.27. The van der Waals surface area contributed by atoms with Crippen molar-refractivity contribution in [3.05, 3.63) is 59.7 Å². The Kier molecular flexibility index (Phi) is 7.21. The van der Waals surface area contributed by atoms with Crippen LogP contribution in [0.1, 0.15) is 20.7 Å². The predicted molar refractivity (Wildman–Crippen MR) is 107 cm³/mol. The topological polar surface area (TPSA) is 155 Å². The van der Waals surface area contributed by atoms with E-state index in [1.165, 1.54) is 25.3 Å². The lowest BCUT2D eigenvalue weighted by molar-refractivity contribution is -0.286. The van der Waals surface area contributed by atoms with E-state index >= 15 is 0 Å². The lowest BCUT2D eigenvalue weighted by Crippen LogP contribution is -2.58. The molecule has 5 atom stereocenters. The molecule has 0 aromatic heterocycles. The van der Waals surface area contributed by atoms with E-state index in [4.69, 9.17) is 14.2 Å². The highest BCUT2D eigenvalue weighted by molar-refractivity contribution is 6.05. The second-order valence-corrected chi connectivity index (χ2v) is 6.87. The molecule has 1 saturated heterocycles. The molecule has 2 aromatic carbocycles. The molecule has 1 amide bonds. The zero-order valence-electron chi connectivity index (χ0n) is 16.5. The monoisotopic (exact) mass is 433 g/mol. The first-order valence-corrected chi connectivity index (χ1v) is 9.41. The predicted octanol–water partition coefficient (Wildman–Crippen LogP) is -0.0958. The molecule has 0 spiro atoms. The van der Waals surface area contributed by atoms with Gasteiger partial charge in [-0.2, -0.15) is 0 Å². The van der Waals surface area contributed by atoms with Crippen LogP contribution in [-0.4, -0.2) is 76.7 Å². The average Bonchev–Trinajstić information content (AvgIpc) is 2.79. The zero-order valence-corrected chi connectivity index (χ0v) is 16.5. The Morgan fingerprint density at radius 2 is 1.68 bits per heavy atom. The lowest BCUT2D eigenvalue weighted by Gasteiger charge is -2.37. The van der Waals surface area contributed by atoms with Crippen molar-refractivity contribution in [2.45, 2.75) is 30.7 Å². The summed E-state index contributed by atoms with van der Waals surface area (Å²) in [6.45, 7) is -0.477. The Bertz CT molecular complexity index is 920. The van der Waals surface area contributed by atoms with E-state index in [1.807, 2.05) is 0 Å². The second kappa shape index (κ2) is 9.86. The third-order valence-electron chi connectivity index (χ3n) is 4.79. The molecule has 5 N–H and O–H groups in total. The van der Waals surface area contributed by atoms with Gasteiger partial charge in [-0.3, -0.25) is 4.79 Å². The standard InChI is InChI=1S/C21H23NO9/c1-29-14-9-12(7-8-13(14)22-19(26)11-5-3-2-4-6-11)20(27)30-10-15-16(23)17(24)18(25)21(28)31-15/h2-9,15-18,21,23-25,28H,10H2,1H3,(H,22,26)/t15-,16-,17+,18-,21?/m1/s1. The molecule has 0 saturated carbocycles. The van der Waals surface area contributed by atoms with Crippen molar-refractivity contribution in [1.29, 1.82) is 0 Å². The van der Waals surface area contributed by atoms with Crippen molar-refractivity contribution in [2.75, 3.05) is 19.0 Å². The van der Waals surface area contributed by atoms with Crippen LogP contribution >= 0.6 is 0 Å². The summed E-state index contributed by atoms with van der Waals surface area (Å²) in [6, 6.07) is 12.8. The maximum absolute atomic E-state index is 12.4. The van der Waals surface area contributed by atoms with Gasteiger partial charge in [-0.15, -0.1) is 0 Å². The number of nitrogens with one attached hydrogen (secondary N) is 1. The quantitative estimate of drug-likeness (QED) is 0.393. The summed E-state index contributed by atoms with van der Waals surface area (Å²) in [7, 11) is 1.38. The molecule has 1 aliphatic rings. The number of methoxy groups -OCH3 is 1. The third-order valence-corrected chi connectivity index (χ3v) is 4.79. The maximum atomic E-state index is 12.4. The van der Waals surface area contributed by atoms with Crippen molar-refractivity contribution in [1.82, 2.24) is 0 Å². The number of hydrogen-bond acceptors (Lipinski definition) is 9. The molecule has 1 aliphatic heterocycles. The van der Waals surface area contributed by atoms with Gasteiger partial charge in [0.15, 0.2) is 6.29 Å². The summed E-state index contributed by atoms with van der Waals surface area (Å²) >= 11 is 0. The Morgan fingerprint density at radius 1 is 0.968 bits per heavy atom. The summed E-state index contributed by atoms with van der Waals surface area (Å²) < 4.78 is 15.3. The molecule has 3 rings (SSSR count). The van der Waals surface area contributed by atoms with Crippen molar-refractivity contribution in [3.63, 3.8) is 0 Å². The van der Waals surface area contributed by atoms with E-state index < -0.39 is 43.3 Å². The van der Waals surface area contributed by atoms with E-state index in [2.05, 4.69) is 5.32 Å². The fraction of sp³-hybridized carbons (Fsp3) is 0.333. The molecule has 10 nitrogen and oxygen atoms in total. The fourth-order valence-electron chi connectivity index (χ4n) is 3.02. The van der Waals surface area contributed by atoms with Crippen molar-refractivity contribution in [2.24, 2.45) is 0 Å². The molecule has 0 aliphatic carbocycles. The average molecular weight is 433 g/mol. The summed E-state index contributed by atoms with van der Waals surface area (Å²) in [5.41, 5.74) is 0.897. The molecule has 1 unspecified atom stereocenters. The van der Waals surface area contributed by atoms with Crippen LogP contribution in [0, 0.1) is 0 Å². The lowest BCUT2D eigenvalue weighted by atomic mass is 9.99. The summed E-state index contributed by atoms with van der Waals surface area (Å²) in [5, 5.41) is 41.3. The van der Waals surface area contributed by atoms with Gasteiger partial charge in [0.2, 0.25) is 0 Å². The highest BCUT2D eigenvalue weighted by atomic mass is 16.6. The number of anilines is 1. The fourth-order valence-corrected chi connectivity index (χ4v) is 3.02. The van der Waals surface area contributed by atoms with E-state index in [1.54, 1.807) is 30.3 Å². The SMILES string of the molecule is COc1cc(C(=O)OC[C@H]2OC(O)[C@H](O)[C@@H](O)[C@@H]2O)ccc1NC(=O)c1ccccc1. The van der Waals surface area contributed by atoms with Gasteiger partial charge in [-0.25, -0.2) is 4.79 Å². The Morgan fingerprint density at radius 3 is 2.35 bits per heavy atom. The van der Waals surface area contributed by atoms with Crippen LogP contribution in [0.2, 0.25) is 0 Å². The minimum absolute atomic E-state index is 0.0981. The number of aliphatic hydroxyl groups is 4. The molecular weight excluding hydrogens is 410 g/mol. The van der Waals surface area contributed by atoms with Crippen molar-refractivity contribution < 1.29 is 44.2 Å². The zero-order chi connectivity index (χ0) is 22.5. The molecule has 10 heteroatoms. The minimum atomic E-state index is -1.73. The van der Waals surface area contributed by atoms with E-state index in [0.29, 0.717) is 11.3 Å². The highest BCUT2D eigenvalue weighted by Gasteiger charge is 2.43. The van der Waals surface area contributed by atoms with E-state index in [0.717, 1.165) is 0 Å². The number of ether oxygens (including phenoxy) is 3.